The Morgan fingerprint density at radius 1 is 1.12 bits per heavy atom. The second-order valence-corrected chi connectivity index (χ2v) is 5.09. The number of nitrogens with zero attached hydrogens (tertiary/aromatic N) is 2. The first-order valence-corrected chi connectivity index (χ1v) is 6.78. The molecule has 0 atom stereocenters. The van der Waals surface area contributed by atoms with E-state index >= 15 is 0 Å². The van der Waals surface area contributed by atoms with Crippen LogP contribution in [-0.2, 0) is 19.3 Å². The molecule has 0 saturated heterocycles. The minimum absolute atomic E-state index is 0.0219. The van der Waals surface area contributed by atoms with Gasteiger partial charge in [-0.2, -0.15) is 18.3 Å². The van der Waals surface area contributed by atoms with Gasteiger partial charge in [0.2, 0.25) is 0 Å². The number of benzene rings is 1. The molecule has 3 aromatic rings. The number of aliphatic hydroxyl groups is 1. The van der Waals surface area contributed by atoms with E-state index in [0.29, 0.717) is 5.56 Å². The van der Waals surface area contributed by atoms with Crippen LogP contribution in [0, 0.1) is 0 Å². The zero-order chi connectivity index (χ0) is 17.5. The van der Waals surface area contributed by atoms with E-state index in [-0.39, 0.29) is 23.3 Å². The van der Waals surface area contributed by atoms with Crippen molar-refractivity contribution in [2.45, 2.75) is 19.3 Å². The van der Waals surface area contributed by atoms with Crippen molar-refractivity contribution >= 4 is 11.0 Å². The molecule has 3 rings (SSSR count). The summed E-state index contributed by atoms with van der Waals surface area (Å²) in [5, 5.41) is 13.4. The van der Waals surface area contributed by atoms with Crippen molar-refractivity contribution in [2.75, 3.05) is 0 Å². The van der Waals surface area contributed by atoms with E-state index in [2.05, 4.69) is 10.1 Å². The molecule has 7 nitrogen and oxygen atoms in total. The molecule has 0 radical (unpaired) electrons. The third-order valence-electron chi connectivity index (χ3n) is 3.47. The van der Waals surface area contributed by atoms with Crippen LogP contribution in [0.4, 0.5) is 13.2 Å². The summed E-state index contributed by atoms with van der Waals surface area (Å²) in [7, 11) is 0. The standard InChI is InChI=1S/C14H11F3N4O3/c15-14(16,17)8-3-1-7(2-4-8)5-21-11-10(9(6-22)20-21)12(23)19-13(24)18-11/h1-4,22H,5-6H2,(H2,18,19,23,24). The van der Waals surface area contributed by atoms with Crippen LogP contribution in [0.15, 0.2) is 33.9 Å². The number of hydrogen-bond donors (Lipinski definition) is 3. The number of hydrogen-bond acceptors (Lipinski definition) is 4. The Morgan fingerprint density at radius 3 is 2.38 bits per heavy atom. The first kappa shape index (κ1) is 16.0. The number of H-pyrrole nitrogens is 2. The normalized spacial score (nSPS) is 12.0. The van der Waals surface area contributed by atoms with Gasteiger partial charge in [-0.25, -0.2) is 9.48 Å². The lowest BCUT2D eigenvalue weighted by Gasteiger charge is -2.08. The molecule has 0 amide bonds. The number of aliphatic hydroxyl groups excluding tert-OH is 1. The second kappa shape index (κ2) is 5.64. The molecule has 2 heterocycles. The fourth-order valence-electron chi connectivity index (χ4n) is 2.38. The Bertz CT molecular complexity index is 999. The summed E-state index contributed by atoms with van der Waals surface area (Å²) in [6, 6.07) is 4.42. The van der Waals surface area contributed by atoms with E-state index in [9.17, 15) is 27.9 Å². The van der Waals surface area contributed by atoms with E-state index in [1.807, 2.05) is 4.98 Å². The van der Waals surface area contributed by atoms with Gasteiger partial charge in [0.15, 0.2) is 0 Å². The molecular weight excluding hydrogens is 329 g/mol. The van der Waals surface area contributed by atoms with Crippen LogP contribution in [0.2, 0.25) is 0 Å². The topological polar surface area (TPSA) is 104 Å². The molecule has 0 spiro atoms. The summed E-state index contributed by atoms with van der Waals surface area (Å²) >= 11 is 0. The van der Waals surface area contributed by atoms with E-state index < -0.39 is 29.6 Å². The van der Waals surface area contributed by atoms with Gasteiger partial charge in [-0.1, -0.05) is 12.1 Å². The van der Waals surface area contributed by atoms with E-state index in [1.165, 1.54) is 16.8 Å². The maximum Gasteiger partial charge on any atom is 0.416 e. The highest BCUT2D eigenvalue weighted by Crippen LogP contribution is 2.29. The van der Waals surface area contributed by atoms with Gasteiger partial charge in [-0.05, 0) is 17.7 Å². The van der Waals surface area contributed by atoms with Crippen LogP contribution in [0.5, 0.6) is 0 Å². The van der Waals surface area contributed by atoms with Crippen LogP contribution in [0.1, 0.15) is 16.8 Å². The SMILES string of the molecule is O=c1[nH]c(=O)c2c(CO)nn(Cc3ccc(C(F)(F)F)cc3)c2[nH]1. The third-order valence-corrected chi connectivity index (χ3v) is 3.47. The zero-order valence-corrected chi connectivity index (χ0v) is 12.0. The number of halogens is 3. The minimum atomic E-state index is -4.43. The lowest BCUT2D eigenvalue weighted by atomic mass is 10.1. The molecule has 2 aromatic heterocycles. The maximum atomic E-state index is 12.6. The van der Waals surface area contributed by atoms with Crippen molar-refractivity contribution in [1.29, 1.82) is 0 Å². The summed E-state index contributed by atoms with van der Waals surface area (Å²) in [6.07, 6.45) is -4.43. The molecule has 126 valence electrons. The maximum absolute atomic E-state index is 12.6. The molecule has 0 aliphatic rings. The monoisotopic (exact) mass is 340 g/mol. The van der Waals surface area contributed by atoms with E-state index in [0.717, 1.165) is 12.1 Å². The Balaban J connectivity index is 2.04. The predicted molar refractivity (Wildman–Crippen MR) is 77.4 cm³/mol. The fraction of sp³-hybridized carbons (Fsp3) is 0.214. The molecule has 0 saturated carbocycles. The molecule has 0 bridgehead atoms. The van der Waals surface area contributed by atoms with Crippen LogP contribution < -0.4 is 11.2 Å². The van der Waals surface area contributed by atoms with Gasteiger partial charge in [0, 0.05) is 0 Å². The average molecular weight is 340 g/mol. The van der Waals surface area contributed by atoms with Crippen LogP contribution >= 0.6 is 0 Å². The number of aromatic amines is 2. The fourth-order valence-corrected chi connectivity index (χ4v) is 2.38. The Labute approximate surface area is 131 Å². The summed E-state index contributed by atoms with van der Waals surface area (Å²) in [4.78, 5) is 27.7. The number of fused-ring (bicyclic) bond motifs is 1. The highest BCUT2D eigenvalue weighted by Gasteiger charge is 2.30. The number of rotatable bonds is 3. The van der Waals surface area contributed by atoms with Crippen LogP contribution in [-0.4, -0.2) is 24.9 Å². The van der Waals surface area contributed by atoms with Gasteiger partial charge >= 0.3 is 11.9 Å². The Kier molecular flexibility index (Phi) is 3.76. The highest BCUT2D eigenvalue weighted by molar-refractivity contribution is 5.76. The van der Waals surface area contributed by atoms with Gasteiger partial charge in [-0.3, -0.25) is 14.8 Å². The summed E-state index contributed by atoms with van der Waals surface area (Å²) in [6.45, 7) is -0.500. The van der Waals surface area contributed by atoms with Crippen molar-refractivity contribution in [3.05, 3.63) is 61.9 Å². The molecule has 10 heteroatoms. The molecular formula is C14H11F3N4O3. The van der Waals surface area contributed by atoms with Gasteiger partial charge < -0.3 is 5.11 Å². The first-order chi connectivity index (χ1) is 11.3. The van der Waals surface area contributed by atoms with Crippen LogP contribution in [0.25, 0.3) is 11.0 Å². The Morgan fingerprint density at radius 2 is 1.79 bits per heavy atom. The van der Waals surface area contributed by atoms with Crippen molar-refractivity contribution in [2.24, 2.45) is 0 Å². The molecule has 0 aliphatic heterocycles. The molecule has 3 N–H and O–H groups in total. The van der Waals surface area contributed by atoms with Crippen molar-refractivity contribution in [1.82, 2.24) is 19.7 Å². The highest BCUT2D eigenvalue weighted by atomic mass is 19.4. The lowest BCUT2D eigenvalue weighted by Crippen LogP contribution is -2.22. The van der Waals surface area contributed by atoms with Gasteiger partial charge in [-0.15, -0.1) is 0 Å². The van der Waals surface area contributed by atoms with E-state index in [4.69, 9.17) is 0 Å². The van der Waals surface area contributed by atoms with Crippen LogP contribution in [0.3, 0.4) is 0 Å². The molecule has 0 unspecified atom stereocenters. The van der Waals surface area contributed by atoms with Gasteiger partial charge in [0.25, 0.3) is 5.56 Å². The zero-order valence-electron chi connectivity index (χ0n) is 12.0. The third kappa shape index (κ3) is 2.83. The van der Waals surface area contributed by atoms with Crippen molar-refractivity contribution < 1.29 is 18.3 Å². The van der Waals surface area contributed by atoms with Gasteiger partial charge in [0.05, 0.1) is 18.7 Å². The number of alkyl halides is 3. The van der Waals surface area contributed by atoms with Crippen molar-refractivity contribution in [3.8, 4) is 0 Å². The number of aromatic nitrogens is 4. The predicted octanol–water partition coefficient (Wildman–Crippen LogP) is 0.972. The number of nitrogens with one attached hydrogen (secondary N) is 2. The summed E-state index contributed by atoms with van der Waals surface area (Å²) < 4.78 is 39.0. The largest absolute Gasteiger partial charge is 0.416 e. The lowest BCUT2D eigenvalue weighted by molar-refractivity contribution is -0.137. The average Bonchev–Trinajstić information content (AvgIpc) is 2.85. The second-order valence-electron chi connectivity index (χ2n) is 5.09. The Hall–Kier alpha value is -2.88. The summed E-state index contributed by atoms with van der Waals surface area (Å²) in [5.74, 6) is 0. The van der Waals surface area contributed by atoms with E-state index in [1.54, 1.807) is 0 Å². The molecule has 24 heavy (non-hydrogen) atoms. The summed E-state index contributed by atoms with van der Waals surface area (Å²) in [5.41, 5.74) is -1.58. The van der Waals surface area contributed by atoms with Gasteiger partial charge in [0.1, 0.15) is 16.7 Å². The molecule has 0 fully saturated rings. The quantitative estimate of drug-likeness (QED) is 0.661. The van der Waals surface area contributed by atoms with Crippen molar-refractivity contribution in [3.63, 3.8) is 0 Å². The first-order valence-electron chi connectivity index (χ1n) is 6.78. The molecule has 1 aromatic carbocycles. The minimum Gasteiger partial charge on any atom is -0.390 e. The smallest absolute Gasteiger partial charge is 0.390 e. The molecule has 0 aliphatic carbocycles.